The van der Waals surface area contributed by atoms with Crippen molar-refractivity contribution in [3.05, 3.63) is 73.5 Å². The van der Waals surface area contributed by atoms with Gasteiger partial charge in [0, 0.05) is 43.0 Å². The van der Waals surface area contributed by atoms with Gasteiger partial charge in [-0.1, -0.05) is 0 Å². The van der Waals surface area contributed by atoms with E-state index in [1.54, 1.807) is 18.7 Å². The van der Waals surface area contributed by atoms with E-state index in [1.165, 1.54) is 0 Å². The second kappa shape index (κ2) is 6.14. The van der Waals surface area contributed by atoms with Crippen LogP contribution in [0.1, 0.15) is 0 Å². The van der Waals surface area contributed by atoms with Crippen molar-refractivity contribution in [2.75, 3.05) is 17.3 Å². The molecule has 3 aromatic heterocycles. The lowest BCUT2D eigenvalue weighted by atomic mass is 10.2. The molecule has 27 heavy (non-hydrogen) atoms. The molecule has 4 aromatic rings. The molecule has 5 rings (SSSR count). The van der Waals surface area contributed by atoms with Crippen LogP contribution in [0.5, 0.6) is 5.75 Å². The number of fused-ring (bicyclic) bond motifs is 2. The molecule has 7 nitrogen and oxygen atoms in total. The van der Waals surface area contributed by atoms with Crippen LogP contribution in [0.25, 0.3) is 16.8 Å². The first-order valence-corrected chi connectivity index (χ1v) is 8.50. The van der Waals surface area contributed by atoms with Crippen LogP contribution in [0.2, 0.25) is 0 Å². The molecule has 0 unspecified atom stereocenters. The summed E-state index contributed by atoms with van der Waals surface area (Å²) in [5.74, 6) is 1.28. The van der Waals surface area contributed by atoms with Crippen molar-refractivity contribution < 1.29 is 4.74 Å². The quantitative estimate of drug-likeness (QED) is 0.602. The summed E-state index contributed by atoms with van der Waals surface area (Å²) in [6.07, 6.45) is 8.90. The molecule has 0 atom stereocenters. The molecule has 0 fully saturated rings. The van der Waals surface area contributed by atoms with Gasteiger partial charge in [0.05, 0.1) is 23.1 Å². The minimum absolute atomic E-state index is 0.503. The highest BCUT2D eigenvalue weighted by atomic mass is 16.5. The molecule has 0 bridgehead atoms. The van der Waals surface area contributed by atoms with Crippen LogP contribution in [0.4, 0.5) is 17.3 Å². The third-order valence-corrected chi connectivity index (χ3v) is 4.43. The van der Waals surface area contributed by atoms with Crippen LogP contribution in [0.3, 0.4) is 0 Å². The Bertz CT molecular complexity index is 1150. The van der Waals surface area contributed by atoms with E-state index in [1.807, 2.05) is 71.3 Å². The molecule has 0 amide bonds. The first kappa shape index (κ1) is 15.4. The third-order valence-electron chi connectivity index (χ3n) is 4.43. The molecule has 0 radical (unpaired) electrons. The van der Waals surface area contributed by atoms with Crippen molar-refractivity contribution in [3.63, 3.8) is 0 Å². The lowest BCUT2D eigenvalue weighted by molar-refractivity contribution is 0.472. The predicted molar refractivity (Wildman–Crippen MR) is 104 cm³/mol. The lowest BCUT2D eigenvalue weighted by Gasteiger charge is -2.22. The largest absolute Gasteiger partial charge is 0.461 e. The van der Waals surface area contributed by atoms with Crippen molar-refractivity contribution in [1.82, 2.24) is 19.6 Å². The zero-order valence-electron chi connectivity index (χ0n) is 14.6. The van der Waals surface area contributed by atoms with Gasteiger partial charge in [0.15, 0.2) is 5.75 Å². The first-order valence-electron chi connectivity index (χ1n) is 8.50. The molecule has 0 spiro atoms. The predicted octanol–water partition coefficient (Wildman–Crippen LogP) is 3.83. The number of ether oxygens (including phenoxy) is 1. The summed E-state index contributed by atoms with van der Waals surface area (Å²) in [5.41, 5.74) is 4.73. The second-order valence-electron chi connectivity index (χ2n) is 6.20. The molecular formula is C20H16N6O. The fourth-order valence-corrected chi connectivity index (χ4v) is 3.07. The Morgan fingerprint density at radius 3 is 2.93 bits per heavy atom. The number of hydrogen-bond donors (Lipinski definition) is 1. The van der Waals surface area contributed by atoms with Crippen LogP contribution >= 0.6 is 0 Å². The Labute approximate surface area is 155 Å². The van der Waals surface area contributed by atoms with E-state index in [4.69, 9.17) is 4.74 Å². The van der Waals surface area contributed by atoms with Crippen LogP contribution in [0, 0.1) is 0 Å². The summed E-state index contributed by atoms with van der Waals surface area (Å²) < 4.78 is 7.45. The summed E-state index contributed by atoms with van der Waals surface area (Å²) in [7, 11) is 1.98. The third kappa shape index (κ3) is 2.75. The van der Waals surface area contributed by atoms with Crippen molar-refractivity contribution >= 4 is 22.8 Å². The summed E-state index contributed by atoms with van der Waals surface area (Å²) in [6.45, 7) is 0. The van der Waals surface area contributed by atoms with Crippen LogP contribution in [-0.4, -0.2) is 26.6 Å². The van der Waals surface area contributed by atoms with E-state index in [2.05, 4.69) is 20.4 Å². The Hall–Kier alpha value is -3.87. The van der Waals surface area contributed by atoms with E-state index in [9.17, 15) is 0 Å². The Kier molecular flexibility index (Phi) is 3.50. The Balaban J connectivity index is 1.49. The normalized spacial score (nSPS) is 12.7. The van der Waals surface area contributed by atoms with Gasteiger partial charge in [-0.2, -0.15) is 0 Å². The van der Waals surface area contributed by atoms with Crippen molar-refractivity contribution in [2.24, 2.45) is 0 Å². The average Bonchev–Trinajstić information content (AvgIpc) is 3.12. The van der Waals surface area contributed by atoms with Crippen molar-refractivity contribution in [1.29, 1.82) is 0 Å². The maximum Gasteiger partial charge on any atom is 0.245 e. The van der Waals surface area contributed by atoms with Crippen molar-refractivity contribution in [3.8, 4) is 17.0 Å². The molecule has 0 saturated heterocycles. The molecule has 7 heteroatoms. The maximum atomic E-state index is 5.59. The minimum Gasteiger partial charge on any atom is -0.461 e. The number of anilines is 3. The van der Waals surface area contributed by atoms with E-state index in [0.717, 1.165) is 33.9 Å². The van der Waals surface area contributed by atoms with Gasteiger partial charge in [0.25, 0.3) is 0 Å². The second-order valence-corrected chi connectivity index (χ2v) is 6.20. The number of pyridine rings is 1. The molecule has 132 valence electrons. The van der Waals surface area contributed by atoms with Gasteiger partial charge in [-0.05, 0) is 36.4 Å². The average molecular weight is 356 g/mol. The van der Waals surface area contributed by atoms with Gasteiger partial charge in [-0.3, -0.25) is 4.98 Å². The van der Waals surface area contributed by atoms with Crippen LogP contribution < -0.4 is 15.0 Å². The number of aromatic nitrogens is 4. The number of nitrogens with zero attached hydrogens (tertiary/aromatic N) is 5. The fourth-order valence-electron chi connectivity index (χ4n) is 3.07. The molecule has 1 aromatic carbocycles. The van der Waals surface area contributed by atoms with E-state index in [0.29, 0.717) is 5.95 Å². The fraction of sp³-hybridized carbons (Fsp3) is 0.0500. The highest BCUT2D eigenvalue weighted by Gasteiger charge is 2.13. The van der Waals surface area contributed by atoms with Gasteiger partial charge in [-0.15, -0.1) is 5.10 Å². The Morgan fingerprint density at radius 2 is 2.04 bits per heavy atom. The topological polar surface area (TPSA) is 67.6 Å². The molecule has 1 aliphatic rings. The Morgan fingerprint density at radius 1 is 1.07 bits per heavy atom. The highest BCUT2D eigenvalue weighted by Crippen LogP contribution is 2.34. The summed E-state index contributed by atoms with van der Waals surface area (Å²) >= 11 is 0. The lowest BCUT2D eigenvalue weighted by Crippen LogP contribution is -2.13. The maximum absolute atomic E-state index is 5.59. The monoisotopic (exact) mass is 356 g/mol. The summed E-state index contributed by atoms with van der Waals surface area (Å²) in [4.78, 5) is 10.6. The van der Waals surface area contributed by atoms with Gasteiger partial charge < -0.3 is 15.0 Å². The van der Waals surface area contributed by atoms with Gasteiger partial charge in [0.2, 0.25) is 5.95 Å². The summed E-state index contributed by atoms with van der Waals surface area (Å²) in [6, 6.07) is 13.8. The number of hydrogen-bond acceptors (Lipinski definition) is 6. The smallest absolute Gasteiger partial charge is 0.245 e. The van der Waals surface area contributed by atoms with Crippen LogP contribution in [-0.2, 0) is 0 Å². The molecule has 4 heterocycles. The van der Waals surface area contributed by atoms with E-state index >= 15 is 0 Å². The first-order chi connectivity index (χ1) is 13.3. The molecular weight excluding hydrogens is 340 g/mol. The SMILES string of the molecule is CN1C=COc2cc(Nc3ncc4ccc(-c5cccnc5)n4n3)ccc21. The molecule has 0 aliphatic carbocycles. The van der Waals surface area contributed by atoms with E-state index < -0.39 is 0 Å². The molecule has 1 N–H and O–H groups in total. The number of nitrogens with one attached hydrogen (secondary N) is 1. The number of rotatable bonds is 3. The standard InChI is InChI=1S/C20H16N6O/c1-25-9-10-27-19-11-15(4-6-18(19)25)23-20-22-13-16-5-7-17(26(16)24-20)14-3-2-8-21-12-14/h2-13H,1H3,(H,23,24). The number of benzene rings is 1. The van der Waals surface area contributed by atoms with Gasteiger partial charge in [-0.25, -0.2) is 9.50 Å². The minimum atomic E-state index is 0.503. The van der Waals surface area contributed by atoms with E-state index in [-0.39, 0.29) is 0 Å². The van der Waals surface area contributed by atoms with Gasteiger partial charge >= 0.3 is 0 Å². The summed E-state index contributed by atoms with van der Waals surface area (Å²) in [5, 5.41) is 7.88. The zero-order chi connectivity index (χ0) is 18.2. The highest BCUT2D eigenvalue weighted by molar-refractivity contribution is 5.70. The zero-order valence-corrected chi connectivity index (χ0v) is 14.6. The van der Waals surface area contributed by atoms with Gasteiger partial charge in [0.1, 0.15) is 6.26 Å². The molecule has 1 aliphatic heterocycles. The van der Waals surface area contributed by atoms with Crippen LogP contribution in [0.15, 0.2) is 73.5 Å². The van der Waals surface area contributed by atoms with Crippen molar-refractivity contribution in [2.45, 2.75) is 0 Å². The molecule has 0 saturated carbocycles.